The van der Waals surface area contributed by atoms with Crippen molar-refractivity contribution >= 4 is 21.6 Å². The van der Waals surface area contributed by atoms with E-state index in [1.165, 1.54) is 5.56 Å². The Labute approximate surface area is 94.3 Å². The van der Waals surface area contributed by atoms with Gasteiger partial charge in [0.2, 0.25) is 0 Å². The molecule has 0 aliphatic carbocycles. The average Bonchev–Trinajstić information content (AvgIpc) is 2.19. The number of aryl methyl sites for hydroxylation is 1. The van der Waals surface area contributed by atoms with Crippen molar-refractivity contribution in [3.05, 3.63) is 22.4 Å². The van der Waals surface area contributed by atoms with Gasteiger partial charge in [-0.05, 0) is 47.3 Å². The summed E-state index contributed by atoms with van der Waals surface area (Å²) in [6.07, 6.45) is 4.16. The van der Waals surface area contributed by atoms with Crippen LogP contribution in [0.25, 0.3) is 0 Å². The summed E-state index contributed by atoms with van der Waals surface area (Å²) in [5, 5.41) is 3.46. The lowest BCUT2D eigenvalue weighted by Crippen LogP contribution is -2.17. The summed E-state index contributed by atoms with van der Waals surface area (Å²) in [6, 6.07) is 2.67. The van der Waals surface area contributed by atoms with E-state index < -0.39 is 0 Å². The number of anilines is 1. The molecular formula is C11H17BrN2. The van der Waals surface area contributed by atoms with E-state index in [4.69, 9.17) is 0 Å². The Kier molecular flexibility index (Phi) is 4.39. The molecule has 0 atom stereocenters. The van der Waals surface area contributed by atoms with Crippen molar-refractivity contribution in [1.29, 1.82) is 0 Å². The Bertz CT molecular complexity index is 295. The minimum absolute atomic E-state index is 0.553. The van der Waals surface area contributed by atoms with Crippen LogP contribution in [0.1, 0.15) is 32.3 Å². The zero-order valence-corrected chi connectivity index (χ0v) is 10.6. The van der Waals surface area contributed by atoms with Crippen LogP contribution in [0.5, 0.6) is 0 Å². The van der Waals surface area contributed by atoms with E-state index in [9.17, 15) is 0 Å². The predicted molar refractivity (Wildman–Crippen MR) is 64.7 cm³/mol. The molecule has 0 fully saturated rings. The lowest BCUT2D eigenvalue weighted by atomic mass is 10.1. The first kappa shape index (κ1) is 11.5. The van der Waals surface area contributed by atoms with Gasteiger partial charge in [-0.2, -0.15) is 0 Å². The molecule has 1 heterocycles. The highest BCUT2D eigenvalue weighted by atomic mass is 79.9. The Morgan fingerprint density at radius 3 is 2.57 bits per heavy atom. The van der Waals surface area contributed by atoms with E-state index in [1.54, 1.807) is 0 Å². The van der Waals surface area contributed by atoms with Gasteiger partial charge in [-0.15, -0.1) is 0 Å². The standard InChI is InChI=1S/C11H17BrN2/c1-4-9(5-2)14-10-6-8(3)11(12)13-7-10/h6-7,9,14H,4-5H2,1-3H3. The first-order valence-corrected chi connectivity index (χ1v) is 5.85. The molecule has 0 aromatic carbocycles. The van der Waals surface area contributed by atoms with Gasteiger partial charge in [-0.25, -0.2) is 4.98 Å². The fraction of sp³-hybridized carbons (Fsp3) is 0.545. The number of rotatable bonds is 4. The normalized spacial score (nSPS) is 10.6. The van der Waals surface area contributed by atoms with Crippen molar-refractivity contribution in [1.82, 2.24) is 4.98 Å². The van der Waals surface area contributed by atoms with Crippen molar-refractivity contribution in [3.63, 3.8) is 0 Å². The molecule has 78 valence electrons. The molecule has 0 aliphatic rings. The molecule has 0 radical (unpaired) electrons. The molecule has 1 N–H and O–H groups in total. The maximum atomic E-state index is 4.25. The van der Waals surface area contributed by atoms with Crippen LogP contribution in [0, 0.1) is 6.92 Å². The van der Waals surface area contributed by atoms with E-state index in [0.717, 1.165) is 23.1 Å². The number of nitrogens with one attached hydrogen (secondary N) is 1. The highest BCUT2D eigenvalue weighted by Crippen LogP contribution is 2.18. The SMILES string of the molecule is CCC(CC)Nc1cnc(Br)c(C)c1. The summed E-state index contributed by atoms with van der Waals surface area (Å²) >= 11 is 3.39. The number of hydrogen-bond donors (Lipinski definition) is 1. The molecule has 0 aliphatic heterocycles. The van der Waals surface area contributed by atoms with Gasteiger partial charge in [0.1, 0.15) is 4.60 Å². The van der Waals surface area contributed by atoms with Gasteiger partial charge in [0.05, 0.1) is 11.9 Å². The number of nitrogens with zero attached hydrogens (tertiary/aromatic N) is 1. The van der Waals surface area contributed by atoms with Crippen molar-refractivity contribution in [3.8, 4) is 0 Å². The molecule has 1 aromatic heterocycles. The first-order chi connectivity index (χ1) is 6.67. The monoisotopic (exact) mass is 256 g/mol. The second-order valence-electron chi connectivity index (χ2n) is 3.49. The molecule has 0 spiro atoms. The Morgan fingerprint density at radius 2 is 2.07 bits per heavy atom. The third-order valence-electron chi connectivity index (χ3n) is 2.37. The first-order valence-electron chi connectivity index (χ1n) is 5.06. The molecule has 14 heavy (non-hydrogen) atoms. The molecule has 0 unspecified atom stereocenters. The van der Waals surface area contributed by atoms with Gasteiger partial charge >= 0.3 is 0 Å². The molecule has 0 saturated carbocycles. The Balaban J connectivity index is 2.72. The van der Waals surface area contributed by atoms with Crippen LogP contribution in [0.4, 0.5) is 5.69 Å². The zero-order valence-electron chi connectivity index (χ0n) is 8.97. The minimum atomic E-state index is 0.553. The predicted octanol–water partition coefficient (Wildman–Crippen LogP) is 3.75. The molecule has 0 saturated heterocycles. The molecule has 1 rings (SSSR count). The van der Waals surface area contributed by atoms with Crippen LogP contribution in [0.15, 0.2) is 16.9 Å². The minimum Gasteiger partial charge on any atom is -0.381 e. The van der Waals surface area contributed by atoms with Crippen LogP contribution in [-0.4, -0.2) is 11.0 Å². The maximum absolute atomic E-state index is 4.25. The third kappa shape index (κ3) is 2.98. The molecule has 0 amide bonds. The smallest absolute Gasteiger partial charge is 0.109 e. The number of halogens is 1. The highest BCUT2D eigenvalue weighted by molar-refractivity contribution is 9.10. The Hall–Kier alpha value is -0.570. The molecule has 3 heteroatoms. The second-order valence-corrected chi connectivity index (χ2v) is 4.24. The summed E-state index contributed by atoms with van der Waals surface area (Å²) in [5.74, 6) is 0. The van der Waals surface area contributed by atoms with Gasteiger partial charge in [-0.3, -0.25) is 0 Å². The number of pyridine rings is 1. The summed E-state index contributed by atoms with van der Waals surface area (Å²) < 4.78 is 0.924. The van der Waals surface area contributed by atoms with Crippen LogP contribution in [-0.2, 0) is 0 Å². The highest BCUT2D eigenvalue weighted by Gasteiger charge is 2.04. The van der Waals surface area contributed by atoms with Crippen LogP contribution in [0.3, 0.4) is 0 Å². The quantitative estimate of drug-likeness (QED) is 0.831. The summed E-state index contributed by atoms with van der Waals surface area (Å²) in [5.41, 5.74) is 2.28. The fourth-order valence-electron chi connectivity index (χ4n) is 1.37. The zero-order chi connectivity index (χ0) is 10.6. The maximum Gasteiger partial charge on any atom is 0.109 e. The van der Waals surface area contributed by atoms with Crippen LogP contribution < -0.4 is 5.32 Å². The molecule has 2 nitrogen and oxygen atoms in total. The lowest BCUT2D eigenvalue weighted by molar-refractivity contribution is 0.671. The van der Waals surface area contributed by atoms with Crippen LogP contribution >= 0.6 is 15.9 Å². The van der Waals surface area contributed by atoms with E-state index in [-0.39, 0.29) is 0 Å². The third-order valence-corrected chi connectivity index (χ3v) is 3.20. The van der Waals surface area contributed by atoms with Gasteiger partial charge in [0.15, 0.2) is 0 Å². The second kappa shape index (κ2) is 5.35. The number of aromatic nitrogens is 1. The van der Waals surface area contributed by atoms with Crippen molar-refractivity contribution < 1.29 is 0 Å². The molecule has 1 aromatic rings. The van der Waals surface area contributed by atoms with Crippen molar-refractivity contribution in [2.24, 2.45) is 0 Å². The van der Waals surface area contributed by atoms with E-state index in [0.29, 0.717) is 6.04 Å². The van der Waals surface area contributed by atoms with E-state index in [2.05, 4.69) is 53.1 Å². The van der Waals surface area contributed by atoms with Gasteiger partial charge in [-0.1, -0.05) is 13.8 Å². The lowest BCUT2D eigenvalue weighted by Gasteiger charge is -2.16. The van der Waals surface area contributed by atoms with E-state index >= 15 is 0 Å². The average molecular weight is 257 g/mol. The number of hydrogen-bond acceptors (Lipinski definition) is 2. The topological polar surface area (TPSA) is 24.9 Å². The summed E-state index contributed by atoms with van der Waals surface area (Å²) in [4.78, 5) is 4.25. The van der Waals surface area contributed by atoms with E-state index in [1.807, 2.05) is 6.20 Å². The van der Waals surface area contributed by atoms with Gasteiger partial charge < -0.3 is 5.32 Å². The van der Waals surface area contributed by atoms with Crippen LogP contribution in [0.2, 0.25) is 0 Å². The van der Waals surface area contributed by atoms with Gasteiger partial charge in [0, 0.05) is 6.04 Å². The summed E-state index contributed by atoms with van der Waals surface area (Å²) in [6.45, 7) is 6.44. The Morgan fingerprint density at radius 1 is 1.43 bits per heavy atom. The van der Waals surface area contributed by atoms with Crippen molar-refractivity contribution in [2.75, 3.05) is 5.32 Å². The van der Waals surface area contributed by atoms with Gasteiger partial charge in [0.25, 0.3) is 0 Å². The molecular weight excluding hydrogens is 240 g/mol. The molecule has 0 bridgehead atoms. The summed E-state index contributed by atoms with van der Waals surface area (Å²) in [7, 11) is 0. The largest absolute Gasteiger partial charge is 0.381 e. The fourth-order valence-corrected chi connectivity index (χ4v) is 1.58. The van der Waals surface area contributed by atoms with Crippen molar-refractivity contribution in [2.45, 2.75) is 39.7 Å².